The van der Waals surface area contributed by atoms with Crippen LogP contribution in [-0.2, 0) is 17.8 Å². The number of dihydropyridines is 1. The summed E-state index contributed by atoms with van der Waals surface area (Å²) in [4.78, 5) is 31.1. The van der Waals surface area contributed by atoms with Gasteiger partial charge in [-0.25, -0.2) is 0 Å². The molecule has 2 aromatic rings. The largest absolute Gasteiger partial charge is 0.511 e. The second kappa shape index (κ2) is 15.7. The molecule has 9 N–H and O–H groups in total. The van der Waals surface area contributed by atoms with Crippen molar-refractivity contribution in [2.45, 2.75) is 99.3 Å². The van der Waals surface area contributed by atoms with Gasteiger partial charge in [0, 0.05) is 35.3 Å². The summed E-state index contributed by atoms with van der Waals surface area (Å²) in [7, 11) is 2.84. The maximum Gasteiger partial charge on any atom is 0.229 e. The summed E-state index contributed by atoms with van der Waals surface area (Å²) in [6.07, 6.45) is 5.66. The lowest BCUT2D eigenvalue weighted by atomic mass is 9.47. The van der Waals surface area contributed by atoms with Gasteiger partial charge in [-0.3, -0.25) is 9.59 Å². The smallest absolute Gasteiger partial charge is 0.229 e. The van der Waals surface area contributed by atoms with Crippen LogP contribution in [0, 0.1) is 40.4 Å². The zero-order valence-corrected chi connectivity index (χ0v) is 37.1. The molecule has 2 spiro atoms. The first kappa shape index (κ1) is 43.0. The minimum absolute atomic E-state index is 0.0604. The number of benzene rings is 2. The van der Waals surface area contributed by atoms with E-state index in [1.165, 1.54) is 33.2 Å². The molecule has 0 amide bonds. The molecule has 3 heterocycles. The normalized spacial score (nSPS) is 40.5. The average molecular weight is 913 g/mol. The zero-order valence-electron chi connectivity index (χ0n) is 35.4. The van der Waals surface area contributed by atoms with Crippen molar-refractivity contribution >= 4 is 33.2 Å². The van der Waals surface area contributed by atoms with Gasteiger partial charge in [0.05, 0.1) is 36.4 Å². The topological polar surface area (TPSA) is 218 Å². The van der Waals surface area contributed by atoms with E-state index in [1.807, 2.05) is 24.3 Å². The number of aliphatic hydroxyl groups excluding tert-OH is 6. The van der Waals surface area contributed by atoms with E-state index in [-0.39, 0.29) is 72.9 Å². The number of ketones is 2. The zero-order chi connectivity index (χ0) is 44.3. The molecule has 0 radical (unpaired) electrons. The van der Waals surface area contributed by atoms with Crippen molar-refractivity contribution in [2.75, 3.05) is 25.6 Å². The van der Waals surface area contributed by atoms with Gasteiger partial charge >= 0.3 is 0 Å². The molecule has 7 aliphatic carbocycles. The van der Waals surface area contributed by atoms with Crippen molar-refractivity contribution in [3.8, 4) is 5.75 Å². The lowest BCUT2D eigenvalue weighted by molar-refractivity contribution is -0.392. The average Bonchev–Trinajstić information content (AvgIpc) is 3.62. The number of allylic oxidation sites excluding steroid dienone is 6. The highest BCUT2D eigenvalue weighted by Crippen LogP contribution is 2.72. The third-order valence-corrected chi connectivity index (χ3v) is 19.5. The highest BCUT2D eigenvalue weighted by molar-refractivity contribution is 8.76. The van der Waals surface area contributed by atoms with E-state index in [9.17, 15) is 35.7 Å². The second-order valence-corrected chi connectivity index (χ2v) is 22.3. The number of aliphatic hydroxyl groups is 7. The summed E-state index contributed by atoms with van der Waals surface area (Å²) in [5.74, 6) is -1.80. The van der Waals surface area contributed by atoms with E-state index < -0.39 is 75.8 Å². The highest BCUT2D eigenvalue weighted by Gasteiger charge is 2.76. The van der Waals surface area contributed by atoms with Gasteiger partial charge in [0.15, 0.2) is 11.6 Å². The van der Waals surface area contributed by atoms with E-state index in [4.69, 9.17) is 9.47 Å². The summed E-state index contributed by atoms with van der Waals surface area (Å²) in [6.45, 7) is -0.398. The Balaban J connectivity index is 1.08. The van der Waals surface area contributed by atoms with E-state index in [2.05, 4.69) is 16.7 Å². The molecular weight excluding hydrogens is 857 g/mol. The lowest BCUT2D eigenvalue weighted by Gasteiger charge is -2.65. The minimum Gasteiger partial charge on any atom is -0.511 e. The molecule has 10 bridgehead atoms. The Morgan fingerprint density at radius 3 is 2.62 bits per heavy atom. The molecule has 340 valence electrons. The summed E-state index contributed by atoms with van der Waals surface area (Å²) >= 11 is 0. The van der Waals surface area contributed by atoms with Crippen LogP contribution < -0.4 is 15.4 Å². The lowest BCUT2D eigenvalue weighted by Crippen LogP contribution is -2.81. The fourth-order valence-corrected chi connectivity index (χ4v) is 17.2. The van der Waals surface area contributed by atoms with E-state index in [0.717, 1.165) is 42.6 Å². The second-order valence-electron chi connectivity index (χ2n) is 19.7. The summed E-state index contributed by atoms with van der Waals surface area (Å²) in [5, 5.41) is 88.9. The molecule has 1 saturated heterocycles. The number of nitrogens with one attached hydrogen (secondary N) is 2. The maximum absolute atomic E-state index is 15.8. The van der Waals surface area contributed by atoms with Gasteiger partial charge in [-0.2, -0.15) is 0 Å². The number of carbonyl (C=O) groups is 2. The van der Waals surface area contributed by atoms with Crippen molar-refractivity contribution in [2.24, 2.45) is 40.4 Å². The Labute approximate surface area is 379 Å². The number of rotatable bonds is 7. The minimum atomic E-state index is -2.21. The summed E-state index contributed by atoms with van der Waals surface area (Å²) in [6, 6.07) is 12.0. The van der Waals surface area contributed by atoms with Gasteiger partial charge in [0.1, 0.15) is 40.3 Å². The molecule has 13 atom stereocenters. The predicted octanol–water partition coefficient (Wildman–Crippen LogP) is 4.37. The standard InChI is InChI=1S/C49H56N2O11S2/c52-12-4-10-37-48-34(15-27(16-36(48)55)14-25-5-1-6-26(13-25)22-53)40(56)31-8-2-9-35(39(31)42(48)57)61-44-43(58)49(60)41-29(20-46(23-54,62-44)45(49)59)17-28-18-30-7-3-11-47(30,41)33-19-38(50-21-32(28)33)51-24-63-64-37/h1-2,5-6,8-9,13,15-16,19,28-30,34,37,41,43-45,50-55,58-60H,3-4,7,10-12,14,17-18,20-24H2/t28-,29+,30+,34-,37+,41+,43+,44-,45-,46-,47+,48+,49-/m1/s1. The first-order chi connectivity index (χ1) is 30.9. The molecule has 10 aliphatic rings. The first-order valence-corrected chi connectivity index (χ1v) is 25.2. The maximum atomic E-state index is 15.8. The molecule has 12 rings (SSSR count). The monoisotopic (exact) mass is 912 g/mol. The Hall–Kier alpha value is -3.64. The number of carbonyl (C=O) groups excluding carboxylic acids is 2. The van der Waals surface area contributed by atoms with E-state index in [1.54, 1.807) is 24.3 Å². The molecule has 4 fully saturated rings. The van der Waals surface area contributed by atoms with Crippen molar-refractivity contribution in [1.29, 1.82) is 0 Å². The Morgan fingerprint density at radius 1 is 0.984 bits per heavy atom. The summed E-state index contributed by atoms with van der Waals surface area (Å²) < 4.78 is 13.2. The third kappa shape index (κ3) is 5.90. The Morgan fingerprint density at radius 2 is 1.81 bits per heavy atom. The van der Waals surface area contributed by atoms with Crippen LogP contribution in [-0.4, -0.2) is 108 Å². The van der Waals surface area contributed by atoms with Crippen LogP contribution in [0.25, 0.3) is 0 Å². The van der Waals surface area contributed by atoms with Crippen molar-refractivity contribution in [1.82, 2.24) is 10.6 Å². The van der Waals surface area contributed by atoms with Gasteiger partial charge in [0.2, 0.25) is 6.29 Å². The molecule has 0 aromatic heterocycles. The van der Waals surface area contributed by atoms with Gasteiger partial charge in [0.25, 0.3) is 0 Å². The predicted molar refractivity (Wildman–Crippen MR) is 239 cm³/mol. The number of Topliss-reactive ketones (excluding diaryl/α,β-unsaturated/α-hetero) is 2. The molecule has 15 heteroatoms. The van der Waals surface area contributed by atoms with E-state index in [0.29, 0.717) is 36.4 Å². The van der Waals surface area contributed by atoms with Crippen LogP contribution in [0.15, 0.2) is 89.0 Å². The van der Waals surface area contributed by atoms with Crippen molar-refractivity contribution in [3.05, 3.63) is 111 Å². The quantitative estimate of drug-likeness (QED) is 0.176. The van der Waals surface area contributed by atoms with Crippen LogP contribution in [0.4, 0.5) is 0 Å². The fourth-order valence-electron chi connectivity index (χ4n) is 14.4. The fraction of sp³-hybridized carbons (Fsp3) is 0.551. The molecule has 3 saturated carbocycles. The van der Waals surface area contributed by atoms with Gasteiger partial charge in [-0.05, 0) is 115 Å². The van der Waals surface area contributed by atoms with Crippen LogP contribution in [0.3, 0.4) is 0 Å². The van der Waals surface area contributed by atoms with Crippen molar-refractivity contribution < 1.29 is 54.8 Å². The van der Waals surface area contributed by atoms with Gasteiger partial charge in [-0.1, -0.05) is 70.5 Å². The van der Waals surface area contributed by atoms with Crippen LogP contribution in [0.2, 0.25) is 0 Å². The number of ether oxygens (including phenoxy) is 2. The third-order valence-electron chi connectivity index (χ3n) is 16.8. The Kier molecular flexibility index (Phi) is 10.6. The van der Waals surface area contributed by atoms with Crippen LogP contribution in [0.5, 0.6) is 5.75 Å². The van der Waals surface area contributed by atoms with E-state index >= 15 is 9.59 Å². The molecule has 64 heavy (non-hydrogen) atoms. The molecular formula is C49H56N2O11S2. The van der Waals surface area contributed by atoms with Crippen LogP contribution in [0.1, 0.15) is 83.2 Å². The molecule has 0 unspecified atom stereocenters. The first-order valence-electron chi connectivity index (χ1n) is 22.8. The molecule has 2 aromatic carbocycles. The molecule has 13 nitrogen and oxygen atoms in total. The Bertz CT molecular complexity index is 2420. The number of fused-ring (bicyclic) bond motifs is 2. The van der Waals surface area contributed by atoms with Crippen molar-refractivity contribution in [3.63, 3.8) is 0 Å². The van der Waals surface area contributed by atoms with Crippen LogP contribution >= 0.6 is 21.6 Å². The number of hydrogen-bond donors (Lipinski definition) is 9. The van der Waals surface area contributed by atoms with Gasteiger partial charge in [-0.15, -0.1) is 0 Å². The molecule has 3 aliphatic heterocycles. The highest BCUT2D eigenvalue weighted by atomic mass is 33.1. The van der Waals surface area contributed by atoms with Gasteiger partial charge < -0.3 is 55.9 Å². The number of hydrogen-bond acceptors (Lipinski definition) is 15. The summed E-state index contributed by atoms with van der Waals surface area (Å²) in [5.41, 5.74) is -1.78. The SMILES string of the molecule is O=C1c2cccc3c2C(=O)[C@@]2(C(O)=CC(Cc4cccc(CO)c4)=C[C@H]12)[C@H](CCCO)SSCNC1=CC2=C(CN1)[C@@H]1C[C@H]4C[C@]5(CO)O[C@@H](O3)[C@H](O)[C@@](O)([C@@H]5O)[C@@H]4[C@]23CCC[C@H]3C1.